The molecular formula is C4H6N2O. The number of nitrogens with zero attached hydrogens (tertiary/aromatic N) is 1. The Morgan fingerprint density at radius 1 is 1.71 bits per heavy atom. The Bertz CT molecular complexity index is 111. The lowest BCUT2D eigenvalue weighted by atomic mass is 10.0. The number of nitrogens with one attached hydrogen (secondary N) is 1. The van der Waals surface area contributed by atoms with E-state index in [9.17, 15) is 0 Å². The molecule has 0 bridgehead atoms. The van der Waals surface area contributed by atoms with Gasteiger partial charge in [0.05, 0.1) is 0 Å². The van der Waals surface area contributed by atoms with Gasteiger partial charge in [0.25, 0.3) is 0 Å². The molecule has 38 valence electrons. The van der Waals surface area contributed by atoms with Gasteiger partial charge in [-0.1, -0.05) is 0 Å². The van der Waals surface area contributed by atoms with Crippen molar-refractivity contribution in [1.82, 2.24) is 5.32 Å². The molecule has 3 nitrogen and oxygen atoms in total. The molecule has 1 aliphatic heterocycles. The van der Waals surface area contributed by atoms with Crippen LogP contribution in [0.25, 0.3) is 0 Å². The summed E-state index contributed by atoms with van der Waals surface area (Å²) < 4.78 is 0. The van der Waals surface area contributed by atoms with Crippen LogP contribution in [0.15, 0.2) is 0 Å². The highest BCUT2D eigenvalue weighted by Crippen LogP contribution is 2.06. The molecule has 0 radical (unpaired) electrons. The van der Waals surface area contributed by atoms with E-state index in [1.54, 1.807) is 6.07 Å². The first-order valence-corrected chi connectivity index (χ1v) is 2.11. The summed E-state index contributed by atoms with van der Waals surface area (Å²) in [6.07, 6.45) is 0. The largest absolute Gasteiger partial charge is 0.373 e. The van der Waals surface area contributed by atoms with E-state index in [0.29, 0.717) is 13.1 Å². The van der Waals surface area contributed by atoms with Crippen LogP contribution >= 0.6 is 0 Å². The highest BCUT2D eigenvalue weighted by atomic mass is 16.3. The molecule has 1 heterocycles. The van der Waals surface area contributed by atoms with Crippen LogP contribution in [-0.2, 0) is 0 Å². The zero-order chi connectivity index (χ0) is 5.33. The molecule has 0 amide bonds. The summed E-state index contributed by atoms with van der Waals surface area (Å²) in [6.45, 7) is 0.840. The Labute approximate surface area is 41.6 Å². The molecular weight excluding hydrogens is 92.1 g/mol. The van der Waals surface area contributed by atoms with Crippen LogP contribution in [0.3, 0.4) is 0 Å². The number of aliphatic hydroxyl groups is 1. The van der Waals surface area contributed by atoms with Gasteiger partial charge in [0.1, 0.15) is 6.07 Å². The predicted octanol–water partition coefficient (Wildman–Crippen LogP) is -1.16. The molecule has 1 aliphatic rings. The Morgan fingerprint density at radius 3 is 2.29 bits per heavy atom. The third kappa shape index (κ3) is 0.581. The first-order chi connectivity index (χ1) is 3.27. The monoisotopic (exact) mass is 98.0 g/mol. The summed E-state index contributed by atoms with van der Waals surface area (Å²) in [4.78, 5) is 0. The molecule has 1 rings (SSSR count). The molecule has 1 saturated heterocycles. The molecule has 1 fully saturated rings. The minimum Gasteiger partial charge on any atom is -0.373 e. The molecule has 0 spiro atoms. The van der Waals surface area contributed by atoms with E-state index >= 15 is 0 Å². The molecule has 0 unspecified atom stereocenters. The molecule has 7 heavy (non-hydrogen) atoms. The van der Waals surface area contributed by atoms with Gasteiger partial charge in [-0.25, -0.2) is 0 Å². The zero-order valence-electron chi connectivity index (χ0n) is 3.81. The van der Waals surface area contributed by atoms with Crippen LogP contribution in [0.2, 0.25) is 0 Å². The second kappa shape index (κ2) is 1.19. The third-order valence-corrected chi connectivity index (χ3v) is 1.04. The molecule has 2 N–H and O–H groups in total. The van der Waals surface area contributed by atoms with Crippen molar-refractivity contribution in [3.05, 3.63) is 0 Å². The van der Waals surface area contributed by atoms with Crippen molar-refractivity contribution in [2.45, 2.75) is 5.60 Å². The fourth-order valence-corrected chi connectivity index (χ4v) is 0.441. The molecule has 0 atom stereocenters. The molecule has 0 aromatic rings. The van der Waals surface area contributed by atoms with E-state index in [1.165, 1.54) is 0 Å². The van der Waals surface area contributed by atoms with E-state index in [2.05, 4.69) is 5.32 Å². The van der Waals surface area contributed by atoms with E-state index in [0.717, 1.165) is 0 Å². The number of nitriles is 1. The third-order valence-electron chi connectivity index (χ3n) is 1.04. The summed E-state index contributed by atoms with van der Waals surface area (Å²) in [5.41, 5.74) is -1.04. The first-order valence-electron chi connectivity index (χ1n) is 2.11. The van der Waals surface area contributed by atoms with Crippen LogP contribution in [0.5, 0.6) is 0 Å². The Kier molecular flexibility index (Phi) is 0.775. The van der Waals surface area contributed by atoms with Gasteiger partial charge in [0.2, 0.25) is 0 Å². The van der Waals surface area contributed by atoms with Crippen LogP contribution in [0, 0.1) is 11.3 Å². The van der Waals surface area contributed by atoms with E-state index in [4.69, 9.17) is 10.4 Å². The van der Waals surface area contributed by atoms with Gasteiger partial charge in [-0.15, -0.1) is 0 Å². The number of hydrogen-bond donors (Lipinski definition) is 2. The Morgan fingerprint density at radius 2 is 2.29 bits per heavy atom. The standard InChI is InChI=1S/C4H6N2O/c5-1-4(7)2-6-3-4/h6-7H,2-3H2. The summed E-state index contributed by atoms with van der Waals surface area (Å²) >= 11 is 0. The van der Waals surface area contributed by atoms with Crippen molar-refractivity contribution >= 4 is 0 Å². The van der Waals surface area contributed by atoms with Crippen molar-refractivity contribution < 1.29 is 5.11 Å². The minimum atomic E-state index is -1.04. The van der Waals surface area contributed by atoms with Gasteiger partial charge in [-0.3, -0.25) is 0 Å². The maximum atomic E-state index is 8.80. The van der Waals surface area contributed by atoms with Gasteiger partial charge in [0, 0.05) is 13.1 Å². The molecule has 0 aromatic heterocycles. The van der Waals surface area contributed by atoms with Crippen molar-refractivity contribution in [3.63, 3.8) is 0 Å². The fraction of sp³-hybridized carbons (Fsp3) is 0.750. The quantitative estimate of drug-likeness (QED) is 0.376. The summed E-state index contributed by atoms with van der Waals surface area (Å²) in [5.74, 6) is 0. The van der Waals surface area contributed by atoms with Gasteiger partial charge >= 0.3 is 0 Å². The fourth-order valence-electron chi connectivity index (χ4n) is 0.441. The van der Waals surface area contributed by atoms with Crippen molar-refractivity contribution in [3.8, 4) is 6.07 Å². The maximum absolute atomic E-state index is 8.80. The Balaban J connectivity index is 2.48. The number of β-amino-alcohol motifs (C(OH)–C–C–N with tert-alkyl or cyclic N) is 1. The second-order valence-corrected chi connectivity index (χ2v) is 1.75. The zero-order valence-corrected chi connectivity index (χ0v) is 3.81. The smallest absolute Gasteiger partial charge is 0.175 e. The van der Waals surface area contributed by atoms with Crippen molar-refractivity contribution in [2.75, 3.05) is 13.1 Å². The summed E-state index contributed by atoms with van der Waals surface area (Å²) in [7, 11) is 0. The lowest BCUT2D eigenvalue weighted by Gasteiger charge is -2.29. The number of rotatable bonds is 0. The first kappa shape index (κ1) is 4.57. The van der Waals surface area contributed by atoms with Crippen LogP contribution in [0.4, 0.5) is 0 Å². The molecule has 0 aromatic carbocycles. The van der Waals surface area contributed by atoms with E-state index in [1.807, 2.05) is 0 Å². The van der Waals surface area contributed by atoms with Crippen molar-refractivity contribution in [2.24, 2.45) is 0 Å². The number of hydrogen-bond acceptors (Lipinski definition) is 3. The van der Waals surface area contributed by atoms with Gasteiger partial charge < -0.3 is 10.4 Å². The predicted molar refractivity (Wildman–Crippen MR) is 23.4 cm³/mol. The topological polar surface area (TPSA) is 56.0 Å². The normalized spacial score (nSPS) is 25.1. The van der Waals surface area contributed by atoms with Gasteiger partial charge in [-0.05, 0) is 0 Å². The van der Waals surface area contributed by atoms with Crippen LogP contribution in [0.1, 0.15) is 0 Å². The summed E-state index contributed by atoms with van der Waals surface area (Å²) in [5, 5.41) is 19.7. The Hall–Kier alpha value is -0.590. The van der Waals surface area contributed by atoms with E-state index < -0.39 is 5.60 Å². The average molecular weight is 98.1 g/mol. The minimum absolute atomic E-state index is 0.420. The van der Waals surface area contributed by atoms with Gasteiger partial charge in [0.15, 0.2) is 5.60 Å². The van der Waals surface area contributed by atoms with Crippen molar-refractivity contribution in [1.29, 1.82) is 5.26 Å². The second-order valence-electron chi connectivity index (χ2n) is 1.75. The van der Waals surface area contributed by atoms with Gasteiger partial charge in [-0.2, -0.15) is 5.26 Å². The SMILES string of the molecule is N#CC1(O)CNC1. The highest BCUT2D eigenvalue weighted by Gasteiger charge is 2.33. The molecule has 3 heteroatoms. The van der Waals surface area contributed by atoms with E-state index in [-0.39, 0.29) is 0 Å². The summed E-state index contributed by atoms with van der Waals surface area (Å²) in [6, 6.07) is 1.77. The average Bonchev–Trinajstić information content (AvgIpc) is 1.61. The maximum Gasteiger partial charge on any atom is 0.175 e. The molecule has 0 aliphatic carbocycles. The highest BCUT2D eigenvalue weighted by molar-refractivity contribution is 5.09. The lowest BCUT2D eigenvalue weighted by molar-refractivity contribution is 0.0452. The van der Waals surface area contributed by atoms with Crippen LogP contribution < -0.4 is 5.32 Å². The van der Waals surface area contributed by atoms with Crippen LogP contribution in [-0.4, -0.2) is 23.8 Å². The molecule has 0 saturated carbocycles. The lowest BCUT2D eigenvalue weighted by Crippen LogP contribution is -2.58.